The van der Waals surface area contributed by atoms with Gasteiger partial charge in [-0.25, -0.2) is 0 Å². The van der Waals surface area contributed by atoms with Gasteiger partial charge in [-0.3, -0.25) is 9.59 Å². The highest BCUT2D eigenvalue weighted by Crippen LogP contribution is 2.45. The number of nitrogens with one attached hydrogen (secondary N) is 2. The van der Waals surface area contributed by atoms with Crippen LogP contribution in [0.1, 0.15) is 53.4 Å². The summed E-state index contributed by atoms with van der Waals surface area (Å²) in [5.41, 5.74) is 0.301. The molecule has 0 radical (unpaired) electrons. The molecule has 4 nitrogen and oxygen atoms in total. The number of thioether (sulfide) groups is 1. The van der Waals surface area contributed by atoms with Gasteiger partial charge in [-0.15, -0.1) is 11.8 Å². The summed E-state index contributed by atoms with van der Waals surface area (Å²) in [5.74, 6) is 1.25. The number of hydrogen-bond acceptors (Lipinski definition) is 3. The second-order valence-electron chi connectivity index (χ2n) is 7.52. The van der Waals surface area contributed by atoms with E-state index in [1.54, 1.807) is 11.8 Å². The Morgan fingerprint density at radius 1 is 1.43 bits per heavy atom. The number of amides is 2. The van der Waals surface area contributed by atoms with E-state index in [4.69, 9.17) is 0 Å². The molecule has 0 aromatic rings. The van der Waals surface area contributed by atoms with Crippen molar-refractivity contribution < 1.29 is 9.59 Å². The van der Waals surface area contributed by atoms with Gasteiger partial charge < -0.3 is 10.6 Å². The van der Waals surface area contributed by atoms with Crippen molar-refractivity contribution in [2.75, 3.05) is 12.3 Å². The number of carbonyl (C=O) groups is 2. The van der Waals surface area contributed by atoms with Crippen LogP contribution in [0.2, 0.25) is 0 Å². The number of carbonyl (C=O) groups excluding carboxylic acids is 2. The highest BCUT2D eigenvalue weighted by molar-refractivity contribution is 8.01. The fourth-order valence-corrected chi connectivity index (χ4v) is 4.27. The van der Waals surface area contributed by atoms with Crippen LogP contribution in [0.4, 0.5) is 0 Å². The lowest BCUT2D eigenvalue weighted by atomic mass is 9.64. The van der Waals surface area contributed by atoms with Gasteiger partial charge in [-0.1, -0.05) is 20.3 Å². The Bertz CT molecular complexity index is 417. The van der Waals surface area contributed by atoms with Gasteiger partial charge >= 0.3 is 0 Å². The minimum atomic E-state index is -0.427. The molecule has 1 saturated heterocycles. The average Bonchev–Trinajstić information content (AvgIpc) is 2.35. The second kappa shape index (κ2) is 6.19. The van der Waals surface area contributed by atoms with Crippen LogP contribution >= 0.6 is 11.8 Å². The minimum absolute atomic E-state index is 0.0265. The van der Waals surface area contributed by atoms with Gasteiger partial charge in [-0.2, -0.15) is 0 Å². The van der Waals surface area contributed by atoms with Gasteiger partial charge in [-0.05, 0) is 44.4 Å². The molecule has 2 N–H and O–H groups in total. The average molecular weight is 312 g/mol. The lowest BCUT2D eigenvalue weighted by molar-refractivity contribution is -0.130. The van der Waals surface area contributed by atoms with Crippen molar-refractivity contribution >= 4 is 23.6 Å². The molecule has 2 aliphatic rings. The Hall–Kier alpha value is -0.710. The molecule has 1 aliphatic carbocycles. The zero-order valence-corrected chi connectivity index (χ0v) is 14.4. The summed E-state index contributed by atoms with van der Waals surface area (Å²) < 4.78 is -0.427. The van der Waals surface area contributed by atoms with Gasteiger partial charge in [0.15, 0.2) is 0 Å². The molecule has 1 saturated carbocycles. The van der Waals surface area contributed by atoms with Crippen LogP contribution in [0.3, 0.4) is 0 Å². The Balaban J connectivity index is 1.84. The van der Waals surface area contributed by atoms with E-state index in [1.807, 2.05) is 13.8 Å². The third kappa shape index (κ3) is 3.93. The fourth-order valence-electron chi connectivity index (χ4n) is 3.27. The normalized spacial score (nSPS) is 26.9. The first kappa shape index (κ1) is 16.7. The monoisotopic (exact) mass is 312 g/mol. The van der Waals surface area contributed by atoms with Gasteiger partial charge in [0.1, 0.15) is 6.04 Å². The Kier molecular flexibility index (Phi) is 4.91. The third-order valence-electron chi connectivity index (χ3n) is 4.67. The zero-order chi connectivity index (χ0) is 15.7. The van der Waals surface area contributed by atoms with E-state index in [-0.39, 0.29) is 17.9 Å². The summed E-state index contributed by atoms with van der Waals surface area (Å²) >= 11 is 1.56. The maximum absolute atomic E-state index is 12.3. The van der Waals surface area contributed by atoms with Crippen LogP contribution in [-0.4, -0.2) is 34.9 Å². The van der Waals surface area contributed by atoms with E-state index >= 15 is 0 Å². The summed E-state index contributed by atoms with van der Waals surface area (Å²) in [6.45, 7) is 9.02. The molecule has 0 bridgehead atoms. The minimum Gasteiger partial charge on any atom is -0.354 e. The van der Waals surface area contributed by atoms with E-state index in [1.165, 1.54) is 25.7 Å². The predicted molar refractivity (Wildman–Crippen MR) is 87.2 cm³/mol. The van der Waals surface area contributed by atoms with Gasteiger partial charge in [0.25, 0.3) is 0 Å². The molecule has 21 heavy (non-hydrogen) atoms. The first-order chi connectivity index (χ1) is 9.74. The van der Waals surface area contributed by atoms with E-state index in [0.717, 1.165) is 6.54 Å². The Morgan fingerprint density at radius 3 is 2.57 bits per heavy atom. The first-order valence-electron chi connectivity index (χ1n) is 7.97. The van der Waals surface area contributed by atoms with Gasteiger partial charge in [0, 0.05) is 12.3 Å². The quantitative estimate of drug-likeness (QED) is 0.819. The molecule has 0 aromatic heterocycles. The predicted octanol–water partition coefficient (Wildman–Crippen LogP) is 2.33. The van der Waals surface area contributed by atoms with Gasteiger partial charge in [0.2, 0.25) is 11.8 Å². The molecule has 5 heteroatoms. The maximum Gasteiger partial charge on any atom is 0.243 e. The topological polar surface area (TPSA) is 58.2 Å². The second-order valence-corrected chi connectivity index (χ2v) is 9.16. The van der Waals surface area contributed by atoms with Crippen molar-refractivity contribution in [2.45, 2.75) is 64.2 Å². The molecule has 0 spiro atoms. The fraction of sp³-hybridized carbons (Fsp3) is 0.875. The van der Waals surface area contributed by atoms with Crippen molar-refractivity contribution in [1.82, 2.24) is 10.6 Å². The van der Waals surface area contributed by atoms with E-state index in [2.05, 4.69) is 24.5 Å². The molecule has 2 amide bonds. The van der Waals surface area contributed by atoms with Crippen LogP contribution < -0.4 is 10.6 Å². The number of hydrogen-bond donors (Lipinski definition) is 2. The van der Waals surface area contributed by atoms with E-state index in [9.17, 15) is 9.59 Å². The van der Waals surface area contributed by atoms with Crippen molar-refractivity contribution in [3.05, 3.63) is 0 Å². The first-order valence-corrected chi connectivity index (χ1v) is 8.95. The third-order valence-corrected chi connectivity index (χ3v) is 6.08. The summed E-state index contributed by atoms with van der Waals surface area (Å²) in [4.78, 5) is 24.2. The molecular formula is C16H28N2O2S. The molecule has 2 fully saturated rings. The SMILES string of the molecule is CC(C)CC1(CNC(=O)[C@H]2CSC(C)(C)C(=O)N2)CCC1. The smallest absolute Gasteiger partial charge is 0.243 e. The van der Waals surface area contributed by atoms with Crippen LogP contribution in [0, 0.1) is 11.3 Å². The van der Waals surface area contributed by atoms with Crippen molar-refractivity contribution in [1.29, 1.82) is 0 Å². The number of rotatable bonds is 5. The van der Waals surface area contributed by atoms with Crippen molar-refractivity contribution in [3.8, 4) is 0 Å². The van der Waals surface area contributed by atoms with Crippen LogP contribution in [-0.2, 0) is 9.59 Å². The summed E-state index contributed by atoms with van der Waals surface area (Å²) in [5, 5.41) is 5.93. The summed E-state index contributed by atoms with van der Waals surface area (Å²) in [6.07, 6.45) is 4.87. The van der Waals surface area contributed by atoms with Crippen LogP contribution in [0.15, 0.2) is 0 Å². The van der Waals surface area contributed by atoms with Crippen LogP contribution in [0.25, 0.3) is 0 Å². The highest BCUT2D eigenvalue weighted by Gasteiger charge is 2.40. The molecule has 0 aromatic carbocycles. The van der Waals surface area contributed by atoms with Gasteiger partial charge in [0.05, 0.1) is 4.75 Å². The molecule has 120 valence electrons. The molecule has 1 heterocycles. The Labute approximate surface area is 132 Å². The lowest BCUT2D eigenvalue weighted by Crippen LogP contribution is -2.58. The Morgan fingerprint density at radius 2 is 2.10 bits per heavy atom. The molecule has 1 aliphatic heterocycles. The summed E-state index contributed by atoms with van der Waals surface area (Å²) in [7, 11) is 0. The van der Waals surface area contributed by atoms with Crippen molar-refractivity contribution in [3.63, 3.8) is 0 Å². The van der Waals surface area contributed by atoms with E-state index in [0.29, 0.717) is 17.1 Å². The lowest BCUT2D eigenvalue weighted by Gasteiger charge is -2.44. The molecule has 2 rings (SSSR count). The molecular weight excluding hydrogens is 284 g/mol. The molecule has 1 atom stereocenters. The largest absolute Gasteiger partial charge is 0.354 e. The molecule has 0 unspecified atom stereocenters. The maximum atomic E-state index is 12.3. The highest BCUT2D eigenvalue weighted by atomic mass is 32.2. The van der Waals surface area contributed by atoms with Crippen molar-refractivity contribution in [2.24, 2.45) is 11.3 Å². The zero-order valence-electron chi connectivity index (χ0n) is 13.6. The van der Waals surface area contributed by atoms with E-state index < -0.39 is 4.75 Å². The standard InChI is InChI=1S/C16H28N2O2S/c1-11(2)8-16(6-5-7-16)10-17-13(19)12-9-21-15(3,4)14(20)18-12/h11-12H,5-10H2,1-4H3,(H,17,19)(H,18,20)/t12-/m1/s1. The van der Waals surface area contributed by atoms with Crippen LogP contribution in [0.5, 0.6) is 0 Å². The summed E-state index contributed by atoms with van der Waals surface area (Å²) in [6, 6.07) is -0.383.